The Kier molecular flexibility index (Phi) is 5.41. The summed E-state index contributed by atoms with van der Waals surface area (Å²) in [6, 6.07) is 57.6. The van der Waals surface area contributed by atoms with Crippen LogP contribution in [0, 0.1) is 23.7 Å². The average molecular weight is 640 g/mol. The Hall–Kier alpha value is -5.40. The Morgan fingerprint density at radius 1 is 0.460 bits per heavy atom. The Labute approximate surface area is 292 Å². The van der Waals surface area contributed by atoms with Gasteiger partial charge in [0, 0.05) is 21.9 Å². The monoisotopic (exact) mass is 639 g/mol. The molecular weight excluding hydrogens is 603 g/mol. The SMILES string of the molecule is c1cc(-c2ccc3ccccc3c2)cc(-n2c3ccccc3c3ccc(-c4ccc5c(c4)C4(c6ccccc6-5)C5CC6CC(C5)C4C6)cc32)c1. The molecule has 1 aromatic heterocycles. The Morgan fingerprint density at radius 3 is 2.16 bits per heavy atom. The van der Waals surface area contributed by atoms with Gasteiger partial charge in [0.1, 0.15) is 0 Å². The zero-order valence-electron chi connectivity index (χ0n) is 28.0. The van der Waals surface area contributed by atoms with Crippen LogP contribution in [0.25, 0.3) is 71.6 Å². The van der Waals surface area contributed by atoms with Crippen molar-refractivity contribution in [2.24, 2.45) is 23.7 Å². The molecule has 4 bridgehead atoms. The van der Waals surface area contributed by atoms with Crippen LogP contribution in [0.5, 0.6) is 0 Å². The molecule has 0 aliphatic heterocycles. The van der Waals surface area contributed by atoms with Gasteiger partial charge in [-0.15, -0.1) is 0 Å². The van der Waals surface area contributed by atoms with Crippen molar-refractivity contribution in [2.45, 2.75) is 31.1 Å². The van der Waals surface area contributed by atoms with Crippen LogP contribution in [0.1, 0.15) is 36.8 Å². The molecule has 1 nitrogen and oxygen atoms in total. The molecule has 4 saturated carbocycles. The topological polar surface area (TPSA) is 4.93 Å². The van der Waals surface area contributed by atoms with Crippen LogP contribution in [0.15, 0.2) is 152 Å². The normalized spacial score (nSPS) is 24.2. The number of aromatic nitrogens is 1. The first-order valence-electron chi connectivity index (χ1n) is 18.6. The Morgan fingerprint density at radius 2 is 1.20 bits per heavy atom. The molecule has 50 heavy (non-hydrogen) atoms. The molecule has 0 amide bonds. The maximum atomic E-state index is 2.62. The van der Waals surface area contributed by atoms with E-state index in [1.807, 2.05) is 0 Å². The number of fused-ring (bicyclic) bond motifs is 7. The summed E-state index contributed by atoms with van der Waals surface area (Å²) >= 11 is 0. The molecule has 13 rings (SSSR count). The van der Waals surface area contributed by atoms with Crippen LogP contribution in [0.4, 0.5) is 0 Å². The zero-order chi connectivity index (χ0) is 32.6. The van der Waals surface area contributed by atoms with E-state index in [0.29, 0.717) is 0 Å². The van der Waals surface area contributed by atoms with Gasteiger partial charge in [-0.2, -0.15) is 0 Å². The number of benzene rings is 7. The van der Waals surface area contributed by atoms with E-state index in [2.05, 4.69) is 156 Å². The Bertz CT molecular complexity index is 2710. The molecular formula is C49H37N. The molecule has 0 N–H and O–H groups in total. The van der Waals surface area contributed by atoms with Crippen molar-refractivity contribution >= 4 is 32.6 Å². The number of hydrogen-bond acceptors (Lipinski definition) is 0. The largest absolute Gasteiger partial charge is 0.309 e. The molecule has 1 heterocycles. The van der Waals surface area contributed by atoms with E-state index in [0.717, 1.165) is 23.7 Å². The lowest BCUT2D eigenvalue weighted by Gasteiger charge is -2.44. The minimum absolute atomic E-state index is 0.196. The fourth-order valence-electron chi connectivity index (χ4n) is 11.8. The highest BCUT2D eigenvalue weighted by Gasteiger charge is 2.65. The van der Waals surface area contributed by atoms with Gasteiger partial charge in [0.2, 0.25) is 0 Å². The Balaban J connectivity index is 1.03. The standard InChI is InChI=1S/C49H37N/c1-2-9-32-25-34(17-16-31(32)8-1)33-10-7-11-39(27-33)50-47-15-6-4-13-42(47)43-21-19-36(29-48(43)50)35-18-20-41-40-12-3-5-14-44(40)49(46(41)28-35)38-23-30-22-37(26-38)45(49)24-30/h1-21,25,27-30,37-38,45H,22-24,26H2. The predicted molar refractivity (Wildman–Crippen MR) is 208 cm³/mol. The van der Waals surface area contributed by atoms with Gasteiger partial charge in [-0.1, -0.05) is 115 Å². The summed E-state index contributed by atoms with van der Waals surface area (Å²) in [5.41, 5.74) is 15.3. The second-order valence-electron chi connectivity index (χ2n) is 15.7. The van der Waals surface area contributed by atoms with Gasteiger partial charge in [0.25, 0.3) is 0 Å². The van der Waals surface area contributed by atoms with Gasteiger partial charge < -0.3 is 4.57 Å². The van der Waals surface area contributed by atoms with E-state index in [9.17, 15) is 0 Å². The smallest absolute Gasteiger partial charge is 0.0547 e. The average Bonchev–Trinajstić information content (AvgIpc) is 3.83. The molecule has 7 aromatic carbocycles. The van der Waals surface area contributed by atoms with E-state index < -0.39 is 0 Å². The van der Waals surface area contributed by atoms with Crippen LogP contribution in [-0.2, 0) is 5.41 Å². The minimum atomic E-state index is 0.196. The van der Waals surface area contributed by atoms with Crippen molar-refractivity contribution in [1.82, 2.24) is 4.57 Å². The summed E-state index contributed by atoms with van der Waals surface area (Å²) in [6.45, 7) is 0. The lowest BCUT2D eigenvalue weighted by atomic mass is 9.59. The number of nitrogens with zero attached hydrogens (tertiary/aromatic N) is 1. The van der Waals surface area contributed by atoms with Gasteiger partial charge in [-0.05, 0) is 141 Å². The molecule has 5 aliphatic carbocycles. The third kappa shape index (κ3) is 3.53. The molecule has 5 unspecified atom stereocenters. The molecule has 5 atom stereocenters. The van der Waals surface area contributed by atoms with Crippen LogP contribution in [0.2, 0.25) is 0 Å². The van der Waals surface area contributed by atoms with Crippen LogP contribution in [-0.4, -0.2) is 4.57 Å². The zero-order valence-corrected chi connectivity index (χ0v) is 28.0. The van der Waals surface area contributed by atoms with Crippen molar-refractivity contribution in [3.63, 3.8) is 0 Å². The van der Waals surface area contributed by atoms with Crippen LogP contribution in [0.3, 0.4) is 0 Å². The van der Waals surface area contributed by atoms with E-state index in [4.69, 9.17) is 0 Å². The summed E-state index contributed by atoms with van der Waals surface area (Å²) < 4.78 is 2.48. The summed E-state index contributed by atoms with van der Waals surface area (Å²) in [5, 5.41) is 5.15. The van der Waals surface area contributed by atoms with Crippen molar-refractivity contribution in [1.29, 1.82) is 0 Å². The van der Waals surface area contributed by atoms with E-state index in [1.165, 1.54) is 97.3 Å². The predicted octanol–water partition coefficient (Wildman–Crippen LogP) is 12.6. The molecule has 0 saturated heterocycles. The maximum absolute atomic E-state index is 2.62. The number of rotatable bonds is 3. The summed E-state index contributed by atoms with van der Waals surface area (Å²) in [5.74, 6) is 3.43. The van der Waals surface area contributed by atoms with Gasteiger partial charge in [0.05, 0.1) is 11.0 Å². The highest BCUT2D eigenvalue weighted by Crippen LogP contribution is 2.73. The molecule has 1 heteroatoms. The lowest BCUT2D eigenvalue weighted by molar-refractivity contribution is 0.191. The first-order chi connectivity index (χ1) is 24.7. The van der Waals surface area contributed by atoms with Gasteiger partial charge in [-0.3, -0.25) is 0 Å². The molecule has 4 fully saturated rings. The third-order valence-corrected chi connectivity index (χ3v) is 13.5. The molecule has 238 valence electrons. The first kappa shape index (κ1) is 27.4. The summed E-state index contributed by atoms with van der Waals surface area (Å²) in [6.07, 6.45) is 5.71. The summed E-state index contributed by atoms with van der Waals surface area (Å²) in [4.78, 5) is 0. The number of para-hydroxylation sites is 1. The maximum Gasteiger partial charge on any atom is 0.0547 e. The summed E-state index contributed by atoms with van der Waals surface area (Å²) in [7, 11) is 0. The second-order valence-corrected chi connectivity index (χ2v) is 15.7. The van der Waals surface area contributed by atoms with E-state index in [1.54, 1.807) is 11.1 Å². The molecule has 8 aromatic rings. The fourth-order valence-corrected chi connectivity index (χ4v) is 11.8. The van der Waals surface area contributed by atoms with Gasteiger partial charge >= 0.3 is 0 Å². The second kappa shape index (κ2) is 9.86. The highest BCUT2D eigenvalue weighted by atomic mass is 15.0. The first-order valence-corrected chi connectivity index (χ1v) is 18.6. The van der Waals surface area contributed by atoms with Crippen LogP contribution >= 0.6 is 0 Å². The molecule has 1 spiro atoms. The van der Waals surface area contributed by atoms with Crippen LogP contribution < -0.4 is 0 Å². The van der Waals surface area contributed by atoms with Crippen molar-refractivity contribution in [2.75, 3.05) is 0 Å². The van der Waals surface area contributed by atoms with E-state index in [-0.39, 0.29) is 5.41 Å². The number of hydrogen-bond donors (Lipinski definition) is 0. The molecule has 0 radical (unpaired) electrons. The quantitative estimate of drug-likeness (QED) is 0.181. The molecule has 5 aliphatic rings. The van der Waals surface area contributed by atoms with E-state index >= 15 is 0 Å². The lowest BCUT2D eigenvalue weighted by Crippen LogP contribution is -2.40. The highest BCUT2D eigenvalue weighted by molar-refractivity contribution is 6.10. The third-order valence-electron chi connectivity index (χ3n) is 13.5. The fraction of sp³-hybridized carbons (Fsp3) is 0.184. The van der Waals surface area contributed by atoms with Gasteiger partial charge in [-0.25, -0.2) is 0 Å². The minimum Gasteiger partial charge on any atom is -0.309 e. The van der Waals surface area contributed by atoms with Crippen molar-refractivity contribution < 1.29 is 0 Å². The van der Waals surface area contributed by atoms with Gasteiger partial charge in [0.15, 0.2) is 0 Å². The van der Waals surface area contributed by atoms with Crippen molar-refractivity contribution in [3.05, 3.63) is 163 Å². The van der Waals surface area contributed by atoms with Crippen molar-refractivity contribution in [3.8, 4) is 39.1 Å².